The Morgan fingerprint density at radius 2 is 1.65 bits per heavy atom. The number of hydrogen-bond donors (Lipinski definition) is 0. The second kappa shape index (κ2) is 6.02. The minimum absolute atomic E-state index is 0.460. The van der Waals surface area contributed by atoms with Crippen LogP contribution in [-0.2, 0) is 0 Å². The zero-order valence-corrected chi connectivity index (χ0v) is 11.6. The molecule has 0 N–H and O–H groups in total. The third-order valence-corrected chi connectivity index (χ3v) is 3.88. The largest absolute Gasteiger partial charge is 0.300 e. The fourth-order valence-electron chi connectivity index (χ4n) is 2.12. The summed E-state index contributed by atoms with van der Waals surface area (Å²) in [5, 5.41) is 0. The summed E-state index contributed by atoms with van der Waals surface area (Å²) in [7, 11) is 2.18. The van der Waals surface area contributed by atoms with Crippen LogP contribution in [-0.4, -0.2) is 24.5 Å². The second-order valence-corrected chi connectivity index (χ2v) is 5.05. The molecule has 0 aromatic carbocycles. The highest BCUT2D eigenvalue weighted by atomic mass is 15.1. The first kappa shape index (κ1) is 14.0. The van der Waals surface area contributed by atoms with Gasteiger partial charge in [0.1, 0.15) is 0 Å². The average molecular weight is 231 g/mol. The molecular weight excluding hydrogens is 206 g/mol. The lowest BCUT2D eigenvalue weighted by Crippen LogP contribution is -2.37. The van der Waals surface area contributed by atoms with Crippen molar-refractivity contribution in [2.45, 2.75) is 26.8 Å². The van der Waals surface area contributed by atoms with Gasteiger partial charge < -0.3 is 0 Å². The van der Waals surface area contributed by atoms with Crippen molar-refractivity contribution in [3.63, 3.8) is 0 Å². The SMILES string of the molecule is C=C1/C=C\C(C)C(C)C(N(C)CC)/C=C\C1=C. The molecule has 0 fully saturated rings. The van der Waals surface area contributed by atoms with E-state index in [4.69, 9.17) is 0 Å². The van der Waals surface area contributed by atoms with Gasteiger partial charge in [-0.2, -0.15) is 0 Å². The van der Waals surface area contributed by atoms with Crippen LogP contribution in [0.2, 0.25) is 0 Å². The molecule has 0 amide bonds. The molecule has 1 aliphatic rings. The molecule has 3 unspecified atom stereocenters. The number of rotatable bonds is 2. The Hall–Kier alpha value is -1.08. The highest BCUT2D eigenvalue weighted by Crippen LogP contribution is 2.25. The molecule has 0 saturated carbocycles. The van der Waals surface area contributed by atoms with Gasteiger partial charge in [0.25, 0.3) is 0 Å². The maximum absolute atomic E-state index is 4.05. The van der Waals surface area contributed by atoms with E-state index < -0.39 is 0 Å². The third-order valence-electron chi connectivity index (χ3n) is 3.88. The molecule has 17 heavy (non-hydrogen) atoms. The fraction of sp³-hybridized carbons (Fsp3) is 0.500. The van der Waals surface area contributed by atoms with Crippen molar-refractivity contribution >= 4 is 0 Å². The molecule has 3 atom stereocenters. The standard InChI is InChI=1S/C16H25N/c1-7-17(6)16-11-10-13(3)12(2)8-9-14(4)15(16)5/h8-11,14-16H,2-3,7H2,1,4-6H3/b9-8-,11-10-. The van der Waals surface area contributed by atoms with E-state index in [-0.39, 0.29) is 0 Å². The lowest BCUT2D eigenvalue weighted by molar-refractivity contribution is 0.208. The zero-order valence-electron chi connectivity index (χ0n) is 11.6. The molecule has 0 radical (unpaired) electrons. The maximum atomic E-state index is 4.05. The van der Waals surface area contributed by atoms with E-state index in [1.165, 1.54) is 0 Å². The van der Waals surface area contributed by atoms with Gasteiger partial charge in [-0.3, -0.25) is 4.90 Å². The molecule has 0 bridgehead atoms. The summed E-state index contributed by atoms with van der Waals surface area (Å²) in [5.74, 6) is 1.13. The van der Waals surface area contributed by atoms with Crippen LogP contribution in [0.3, 0.4) is 0 Å². The first-order chi connectivity index (χ1) is 7.97. The summed E-state index contributed by atoms with van der Waals surface area (Å²) in [5.41, 5.74) is 2.03. The minimum Gasteiger partial charge on any atom is -0.300 e. The molecule has 0 aromatic rings. The van der Waals surface area contributed by atoms with Crippen molar-refractivity contribution in [1.82, 2.24) is 4.90 Å². The first-order valence-corrected chi connectivity index (χ1v) is 6.42. The van der Waals surface area contributed by atoms with Crippen LogP contribution in [0.25, 0.3) is 0 Å². The summed E-state index contributed by atoms with van der Waals surface area (Å²) in [6.45, 7) is 15.9. The van der Waals surface area contributed by atoms with Gasteiger partial charge in [0, 0.05) is 6.04 Å². The van der Waals surface area contributed by atoms with Crippen LogP contribution < -0.4 is 0 Å². The van der Waals surface area contributed by atoms with Crippen molar-refractivity contribution in [3.8, 4) is 0 Å². The van der Waals surface area contributed by atoms with Crippen LogP contribution in [0, 0.1) is 11.8 Å². The Kier molecular flexibility index (Phi) is 4.95. The topological polar surface area (TPSA) is 3.24 Å². The molecule has 0 saturated heterocycles. The van der Waals surface area contributed by atoms with Gasteiger partial charge in [0.05, 0.1) is 0 Å². The first-order valence-electron chi connectivity index (χ1n) is 6.42. The molecule has 94 valence electrons. The fourth-order valence-corrected chi connectivity index (χ4v) is 2.12. The minimum atomic E-state index is 0.460. The van der Waals surface area contributed by atoms with Crippen LogP contribution in [0.1, 0.15) is 20.8 Å². The third kappa shape index (κ3) is 3.44. The predicted octanol–water partition coefficient (Wildman–Crippen LogP) is 3.82. The number of nitrogens with zero attached hydrogens (tertiary/aromatic N) is 1. The van der Waals surface area contributed by atoms with E-state index in [2.05, 4.69) is 70.2 Å². The van der Waals surface area contributed by atoms with E-state index in [1.807, 2.05) is 0 Å². The van der Waals surface area contributed by atoms with Gasteiger partial charge in [-0.05, 0) is 36.6 Å². The molecule has 1 heteroatoms. The van der Waals surface area contributed by atoms with Crippen LogP contribution in [0.4, 0.5) is 0 Å². The van der Waals surface area contributed by atoms with Crippen molar-refractivity contribution in [2.24, 2.45) is 11.8 Å². The molecule has 1 nitrogen and oxygen atoms in total. The van der Waals surface area contributed by atoms with E-state index in [1.54, 1.807) is 0 Å². The van der Waals surface area contributed by atoms with Crippen LogP contribution in [0.5, 0.6) is 0 Å². The van der Waals surface area contributed by atoms with Gasteiger partial charge >= 0.3 is 0 Å². The molecular formula is C16H25N. The van der Waals surface area contributed by atoms with Crippen molar-refractivity contribution < 1.29 is 0 Å². The normalized spacial score (nSPS) is 34.1. The van der Waals surface area contributed by atoms with Gasteiger partial charge in [0.15, 0.2) is 0 Å². The summed E-state index contributed by atoms with van der Waals surface area (Å²) in [6.07, 6.45) is 8.73. The summed E-state index contributed by atoms with van der Waals surface area (Å²) in [4.78, 5) is 2.38. The van der Waals surface area contributed by atoms with Gasteiger partial charge in [-0.15, -0.1) is 0 Å². The summed E-state index contributed by atoms with van der Waals surface area (Å²) in [6, 6.07) is 0.460. The van der Waals surface area contributed by atoms with Gasteiger partial charge in [-0.1, -0.05) is 58.2 Å². The summed E-state index contributed by atoms with van der Waals surface area (Å²) >= 11 is 0. The van der Waals surface area contributed by atoms with Crippen molar-refractivity contribution in [3.05, 3.63) is 48.6 Å². The molecule has 1 aliphatic carbocycles. The predicted molar refractivity (Wildman–Crippen MR) is 77.0 cm³/mol. The lowest BCUT2D eigenvalue weighted by atomic mass is 9.87. The second-order valence-electron chi connectivity index (χ2n) is 5.05. The Morgan fingerprint density at radius 3 is 2.18 bits per heavy atom. The van der Waals surface area contributed by atoms with Crippen molar-refractivity contribution in [1.29, 1.82) is 0 Å². The Bertz CT molecular complexity index is 349. The lowest BCUT2D eigenvalue weighted by Gasteiger charge is -2.32. The molecule has 0 heterocycles. The van der Waals surface area contributed by atoms with E-state index >= 15 is 0 Å². The number of allylic oxidation sites excluding steroid dienone is 5. The highest BCUT2D eigenvalue weighted by molar-refractivity contribution is 5.43. The van der Waals surface area contributed by atoms with E-state index in [0.29, 0.717) is 17.9 Å². The maximum Gasteiger partial charge on any atom is 0.0309 e. The molecule has 0 aliphatic heterocycles. The Morgan fingerprint density at radius 1 is 1.12 bits per heavy atom. The number of likely N-dealkylation sites (N-methyl/N-ethyl adjacent to an activating group) is 1. The summed E-state index contributed by atoms with van der Waals surface area (Å²) < 4.78 is 0. The number of hydrogen-bond acceptors (Lipinski definition) is 1. The van der Waals surface area contributed by atoms with E-state index in [9.17, 15) is 0 Å². The Balaban J connectivity index is 3.04. The smallest absolute Gasteiger partial charge is 0.0309 e. The van der Waals surface area contributed by atoms with Gasteiger partial charge in [-0.25, -0.2) is 0 Å². The monoisotopic (exact) mass is 231 g/mol. The van der Waals surface area contributed by atoms with Crippen LogP contribution >= 0.6 is 0 Å². The quantitative estimate of drug-likeness (QED) is 0.698. The average Bonchev–Trinajstić information content (AvgIpc) is 2.37. The van der Waals surface area contributed by atoms with E-state index in [0.717, 1.165) is 17.7 Å². The zero-order chi connectivity index (χ0) is 13.0. The Labute approximate surface area is 106 Å². The highest BCUT2D eigenvalue weighted by Gasteiger charge is 2.22. The van der Waals surface area contributed by atoms with Gasteiger partial charge in [0.2, 0.25) is 0 Å². The molecule has 0 aromatic heterocycles. The van der Waals surface area contributed by atoms with Crippen LogP contribution in [0.15, 0.2) is 48.6 Å². The molecule has 1 rings (SSSR count). The molecule has 0 spiro atoms. The van der Waals surface area contributed by atoms with Crippen molar-refractivity contribution in [2.75, 3.05) is 13.6 Å².